The van der Waals surface area contributed by atoms with Gasteiger partial charge < -0.3 is 28.4 Å². The number of benzene rings is 5. The van der Waals surface area contributed by atoms with Crippen LogP contribution in [0.3, 0.4) is 0 Å². The van der Waals surface area contributed by atoms with Gasteiger partial charge in [0.15, 0.2) is 0 Å². The largest absolute Gasteiger partial charge is 0.468 e. The summed E-state index contributed by atoms with van der Waals surface area (Å²) in [5.41, 5.74) is 3.57. The molecule has 6 rings (SSSR count). The molecule has 5 aromatic rings. The summed E-state index contributed by atoms with van der Waals surface area (Å²) in [6, 6.07) is 48.8. The van der Waals surface area contributed by atoms with Crippen molar-refractivity contribution in [3.05, 3.63) is 192 Å². The van der Waals surface area contributed by atoms with Crippen molar-refractivity contribution in [2.24, 2.45) is 0 Å². The zero-order chi connectivity index (χ0) is 38.1. The molecule has 0 spiro atoms. The van der Waals surface area contributed by atoms with Crippen molar-refractivity contribution in [1.29, 1.82) is 0 Å². The summed E-state index contributed by atoms with van der Waals surface area (Å²) in [6.07, 6.45) is -0.980. The van der Waals surface area contributed by atoms with Crippen molar-refractivity contribution in [3.8, 4) is 0 Å². The first-order chi connectivity index (χ1) is 27.1. The number of carbonyl (C=O) groups excluding carboxylic acids is 1. The van der Waals surface area contributed by atoms with E-state index in [-0.39, 0.29) is 26.2 Å². The van der Waals surface area contributed by atoms with Crippen LogP contribution in [0.25, 0.3) is 0 Å². The minimum Gasteiger partial charge on any atom is -0.468 e. The Labute approximate surface area is 325 Å². The second-order valence-electron chi connectivity index (χ2n) is 13.7. The van der Waals surface area contributed by atoms with Crippen LogP contribution < -0.4 is 5.32 Å². The van der Waals surface area contributed by atoms with E-state index in [2.05, 4.69) is 11.9 Å². The normalized spacial score (nSPS) is 21.4. The van der Waals surface area contributed by atoms with E-state index in [4.69, 9.17) is 28.4 Å². The second-order valence-corrected chi connectivity index (χ2v) is 13.7. The van der Waals surface area contributed by atoms with Crippen LogP contribution in [-0.4, -0.2) is 55.7 Å². The molecule has 1 fully saturated rings. The van der Waals surface area contributed by atoms with Crippen LogP contribution in [0.4, 0.5) is 0 Å². The Hall–Kier alpha value is -4.93. The smallest absolute Gasteiger partial charge is 0.326 e. The SMILES string of the molecule is C=CC[C@@]1(C(NCc2ccccc2)C(=O)OC)OC(COCc2ccccc2)[C@@H](OCc2ccccc2)[C@@H](OCc2ccccc2)C1OCc1ccccc1. The van der Waals surface area contributed by atoms with Crippen LogP contribution >= 0.6 is 0 Å². The van der Waals surface area contributed by atoms with Crippen molar-refractivity contribution in [2.75, 3.05) is 13.7 Å². The third-order valence-corrected chi connectivity index (χ3v) is 9.82. The molecular formula is C47H51NO7. The maximum absolute atomic E-state index is 14.2. The van der Waals surface area contributed by atoms with E-state index in [0.29, 0.717) is 19.8 Å². The molecule has 0 amide bonds. The highest BCUT2D eigenvalue weighted by atomic mass is 16.6. The van der Waals surface area contributed by atoms with Gasteiger partial charge in [-0.05, 0) is 34.2 Å². The van der Waals surface area contributed by atoms with Gasteiger partial charge in [0.1, 0.15) is 36.1 Å². The lowest BCUT2D eigenvalue weighted by Crippen LogP contribution is -2.74. The van der Waals surface area contributed by atoms with Gasteiger partial charge in [0.25, 0.3) is 0 Å². The summed E-state index contributed by atoms with van der Waals surface area (Å²) in [4.78, 5) is 14.2. The second kappa shape index (κ2) is 20.7. The van der Waals surface area contributed by atoms with E-state index in [0.717, 1.165) is 27.8 Å². The van der Waals surface area contributed by atoms with Gasteiger partial charge in [-0.15, -0.1) is 6.58 Å². The molecule has 0 aromatic heterocycles. The molecule has 0 radical (unpaired) electrons. The number of nitrogens with one attached hydrogen (secondary N) is 1. The first kappa shape index (κ1) is 39.8. The van der Waals surface area contributed by atoms with E-state index in [9.17, 15) is 4.79 Å². The third-order valence-electron chi connectivity index (χ3n) is 9.82. The van der Waals surface area contributed by atoms with E-state index in [1.807, 2.05) is 152 Å². The number of rotatable bonds is 20. The Morgan fingerprint density at radius 2 is 1.09 bits per heavy atom. The summed E-state index contributed by atoms with van der Waals surface area (Å²) < 4.78 is 40.1. The fourth-order valence-corrected chi connectivity index (χ4v) is 7.12. The number of ether oxygens (including phenoxy) is 6. The van der Waals surface area contributed by atoms with Gasteiger partial charge in [0.2, 0.25) is 0 Å². The van der Waals surface area contributed by atoms with Crippen molar-refractivity contribution in [1.82, 2.24) is 5.32 Å². The zero-order valence-electron chi connectivity index (χ0n) is 31.4. The monoisotopic (exact) mass is 741 g/mol. The van der Waals surface area contributed by atoms with E-state index in [1.165, 1.54) is 7.11 Å². The lowest BCUT2D eigenvalue weighted by Gasteiger charge is -2.55. The van der Waals surface area contributed by atoms with Crippen LogP contribution in [0.2, 0.25) is 0 Å². The Bertz CT molecular complexity index is 1850. The molecular weight excluding hydrogens is 691 g/mol. The fraction of sp³-hybridized carbons (Fsp3) is 0.298. The fourth-order valence-electron chi connectivity index (χ4n) is 7.12. The van der Waals surface area contributed by atoms with Crippen LogP contribution in [0.5, 0.6) is 0 Å². The first-order valence-corrected chi connectivity index (χ1v) is 18.8. The van der Waals surface area contributed by atoms with Gasteiger partial charge in [-0.3, -0.25) is 10.1 Å². The number of hydrogen-bond acceptors (Lipinski definition) is 8. The molecule has 1 saturated heterocycles. The van der Waals surface area contributed by atoms with Crippen LogP contribution in [0.1, 0.15) is 34.2 Å². The average molecular weight is 742 g/mol. The number of hydrogen-bond donors (Lipinski definition) is 1. The molecule has 6 atom stereocenters. The molecule has 1 aliphatic rings. The van der Waals surface area contributed by atoms with E-state index in [1.54, 1.807) is 6.08 Å². The van der Waals surface area contributed by atoms with Crippen LogP contribution in [0, 0.1) is 0 Å². The van der Waals surface area contributed by atoms with Gasteiger partial charge in [-0.1, -0.05) is 158 Å². The van der Waals surface area contributed by atoms with Crippen molar-refractivity contribution in [3.63, 3.8) is 0 Å². The maximum atomic E-state index is 14.2. The van der Waals surface area contributed by atoms with Gasteiger partial charge >= 0.3 is 5.97 Å². The van der Waals surface area contributed by atoms with Crippen molar-refractivity contribution < 1.29 is 33.2 Å². The summed E-state index contributed by atoms with van der Waals surface area (Å²) in [5, 5.41) is 3.52. The van der Waals surface area contributed by atoms with Gasteiger partial charge in [-0.25, -0.2) is 0 Å². The summed E-state index contributed by atoms with van der Waals surface area (Å²) in [7, 11) is 1.39. The lowest BCUT2D eigenvalue weighted by atomic mass is 9.76. The van der Waals surface area contributed by atoms with E-state index < -0.39 is 42.0 Å². The predicted octanol–water partition coefficient (Wildman–Crippen LogP) is 8.00. The Morgan fingerprint density at radius 1 is 0.655 bits per heavy atom. The highest BCUT2D eigenvalue weighted by molar-refractivity contribution is 5.77. The summed E-state index contributed by atoms with van der Waals surface area (Å²) >= 11 is 0. The molecule has 8 heteroatoms. The number of esters is 1. The third kappa shape index (κ3) is 10.9. The lowest BCUT2D eigenvalue weighted by molar-refractivity contribution is -0.313. The number of methoxy groups -OCH3 is 1. The minimum atomic E-state index is -1.38. The predicted molar refractivity (Wildman–Crippen MR) is 213 cm³/mol. The van der Waals surface area contributed by atoms with Crippen LogP contribution in [0.15, 0.2) is 164 Å². The van der Waals surface area contributed by atoms with E-state index >= 15 is 0 Å². The molecule has 1 heterocycles. The molecule has 286 valence electrons. The molecule has 0 bridgehead atoms. The van der Waals surface area contributed by atoms with Gasteiger partial charge in [0.05, 0.1) is 40.1 Å². The van der Waals surface area contributed by atoms with Gasteiger partial charge in [0, 0.05) is 6.54 Å². The molecule has 0 saturated carbocycles. The number of carbonyl (C=O) groups is 1. The average Bonchev–Trinajstić information content (AvgIpc) is 3.24. The Morgan fingerprint density at radius 3 is 1.56 bits per heavy atom. The standard InChI is InChI=1S/C47H51NO7/c1-3-29-47(44(46(49)50-2)48-30-36-19-9-4-10-20-36)45(54-34-40-27-17-8-18-28-40)43(53-33-39-25-15-7-16-26-39)42(52-32-38-23-13-6-14-24-38)41(55-47)35-51-31-37-21-11-5-12-22-37/h3-28,41-45,48H,1,29-35H2,2H3/t41?,42-,43-,44?,45?,47+/m1/s1. The minimum absolute atomic E-state index is 0.149. The van der Waals surface area contributed by atoms with Crippen molar-refractivity contribution >= 4 is 5.97 Å². The molecule has 1 aliphatic heterocycles. The Kier molecular flexibility index (Phi) is 14.9. The molecule has 8 nitrogen and oxygen atoms in total. The van der Waals surface area contributed by atoms with Gasteiger partial charge in [-0.2, -0.15) is 0 Å². The maximum Gasteiger partial charge on any atom is 0.326 e. The summed E-state index contributed by atoms with van der Waals surface area (Å²) in [6.45, 7) is 5.82. The van der Waals surface area contributed by atoms with Crippen molar-refractivity contribution in [2.45, 2.75) is 75.5 Å². The molecule has 5 aromatic carbocycles. The molecule has 3 unspecified atom stereocenters. The molecule has 55 heavy (non-hydrogen) atoms. The zero-order valence-corrected chi connectivity index (χ0v) is 31.4. The quantitative estimate of drug-likeness (QED) is 0.0635. The molecule has 1 N–H and O–H groups in total. The Balaban J connectivity index is 1.45. The topological polar surface area (TPSA) is 84.5 Å². The highest BCUT2D eigenvalue weighted by Crippen LogP contribution is 2.42. The summed E-state index contributed by atoms with van der Waals surface area (Å²) in [5.74, 6) is -0.500. The first-order valence-electron chi connectivity index (χ1n) is 18.8. The van der Waals surface area contributed by atoms with Crippen LogP contribution in [-0.2, 0) is 66.2 Å². The molecule has 0 aliphatic carbocycles. The highest BCUT2D eigenvalue weighted by Gasteiger charge is 2.61.